The monoisotopic (exact) mass is 254 g/mol. The highest BCUT2D eigenvalue weighted by Crippen LogP contribution is 2.22. The van der Waals surface area contributed by atoms with Gasteiger partial charge in [-0.25, -0.2) is 0 Å². The third-order valence-electron chi connectivity index (χ3n) is 3.73. The van der Waals surface area contributed by atoms with E-state index in [0.717, 1.165) is 38.9 Å². The average molecular weight is 254 g/mol. The first-order chi connectivity index (χ1) is 8.52. The Morgan fingerprint density at radius 3 is 2.17 bits per heavy atom. The van der Waals surface area contributed by atoms with E-state index < -0.39 is 0 Å². The maximum Gasteiger partial charge on any atom is 0.0971 e. The van der Waals surface area contributed by atoms with E-state index in [1.54, 1.807) is 14.2 Å². The molecule has 1 heterocycles. The summed E-state index contributed by atoms with van der Waals surface area (Å²) < 4.78 is 10.8. The number of hydrogen-bond acceptors (Lipinski definition) is 4. The van der Waals surface area contributed by atoms with E-state index in [2.05, 4.69) is 11.0 Å². The lowest BCUT2D eigenvalue weighted by Crippen LogP contribution is -2.27. The normalized spacial score (nSPS) is 25.3. The van der Waals surface area contributed by atoms with Crippen LogP contribution in [0.1, 0.15) is 33.1 Å². The van der Waals surface area contributed by atoms with Crippen molar-refractivity contribution in [1.82, 2.24) is 4.90 Å². The molecule has 0 bridgehead atoms. The number of nitriles is 1. The predicted octanol–water partition coefficient (Wildman–Crippen LogP) is 2.05. The molecule has 2 unspecified atom stereocenters. The zero-order chi connectivity index (χ0) is 13.6. The first-order valence-electron chi connectivity index (χ1n) is 6.71. The molecule has 0 radical (unpaired) electrons. The molecule has 1 saturated heterocycles. The lowest BCUT2D eigenvalue weighted by molar-refractivity contribution is -0.00461. The minimum Gasteiger partial charge on any atom is -0.377 e. The highest BCUT2D eigenvalue weighted by atomic mass is 16.5. The summed E-state index contributed by atoms with van der Waals surface area (Å²) in [6.07, 6.45) is 3.61. The second kappa shape index (κ2) is 7.08. The van der Waals surface area contributed by atoms with Crippen LogP contribution < -0.4 is 0 Å². The standard InChI is InChI=1S/C14H26N2O2/c1-14(2,11-15)7-5-6-8-16-9-12(17-3)13(10-16)18-4/h12-13H,5-10H2,1-4H3. The first-order valence-corrected chi connectivity index (χ1v) is 6.71. The molecule has 0 aromatic heterocycles. The van der Waals surface area contributed by atoms with Crippen LogP contribution in [0.4, 0.5) is 0 Å². The molecular formula is C14H26N2O2. The zero-order valence-electron chi connectivity index (χ0n) is 12.1. The van der Waals surface area contributed by atoms with E-state index in [4.69, 9.17) is 14.7 Å². The summed E-state index contributed by atoms with van der Waals surface area (Å²) in [6, 6.07) is 2.35. The lowest BCUT2D eigenvalue weighted by Gasteiger charge is -2.17. The highest BCUT2D eigenvalue weighted by molar-refractivity contribution is 4.91. The van der Waals surface area contributed by atoms with Crippen LogP contribution in [0.5, 0.6) is 0 Å². The fourth-order valence-electron chi connectivity index (χ4n) is 2.41. The van der Waals surface area contributed by atoms with Crippen LogP contribution in [0, 0.1) is 16.7 Å². The quantitative estimate of drug-likeness (QED) is 0.652. The Kier molecular flexibility index (Phi) is 6.07. The van der Waals surface area contributed by atoms with Gasteiger partial charge in [-0.15, -0.1) is 0 Å². The van der Waals surface area contributed by atoms with Gasteiger partial charge in [0.05, 0.1) is 23.7 Å². The van der Waals surface area contributed by atoms with Gasteiger partial charge in [-0.3, -0.25) is 4.90 Å². The summed E-state index contributed by atoms with van der Waals surface area (Å²) in [6.45, 7) is 6.99. The number of methoxy groups -OCH3 is 2. The molecular weight excluding hydrogens is 228 g/mol. The van der Waals surface area contributed by atoms with Crippen LogP contribution in [-0.4, -0.2) is 51.0 Å². The molecule has 1 aliphatic heterocycles. The Morgan fingerprint density at radius 2 is 1.72 bits per heavy atom. The summed E-state index contributed by atoms with van der Waals surface area (Å²) in [7, 11) is 3.49. The van der Waals surface area contributed by atoms with E-state index in [-0.39, 0.29) is 17.6 Å². The number of nitrogens with zero attached hydrogens (tertiary/aromatic N) is 2. The second-order valence-corrected chi connectivity index (χ2v) is 5.76. The van der Waals surface area contributed by atoms with Crippen molar-refractivity contribution in [3.63, 3.8) is 0 Å². The summed E-state index contributed by atoms with van der Waals surface area (Å²) in [5.41, 5.74) is -0.185. The summed E-state index contributed by atoms with van der Waals surface area (Å²) in [4.78, 5) is 2.39. The molecule has 1 rings (SSSR count). The van der Waals surface area contributed by atoms with Crippen LogP contribution >= 0.6 is 0 Å². The Labute approximate surface area is 111 Å². The molecule has 0 saturated carbocycles. The molecule has 0 N–H and O–H groups in total. The van der Waals surface area contributed by atoms with Crippen molar-refractivity contribution in [2.75, 3.05) is 33.9 Å². The van der Waals surface area contributed by atoms with Crippen molar-refractivity contribution in [2.45, 2.75) is 45.3 Å². The molecule has 0 aliphatic carbocycles. The lowest BCUT2D eigenvalue weighted by atomic mass is 9.89. The first kappa shape index (κ1) is 15.4. The third kappa shape index (κ3) is 4.56. The molecule has 2 atom stereocenters. The fraction of sp³-hybridized carbons (Fsp3) is 0.929. The zero-order valence-corrected chi connectivity index (χ0v) is 12.1. The van der Waals surface area contributed by atoms with Crippen molar-refractivity contribution in [3.8, 4) is 6.07 Å². The second-order valence-electron chi connectivity index (χ2n) is 5.76. The van der Waals surface area contributed by atoms with Crippen LogP contribution in [0.3, 0.4) is 0 Å². The fourth-order valence-corrected chi connectivity index (χ4v) is 2.41. The van der Waals surface area contributed by atoms with E-state index in [9.17, 15) is 0 Å². The molecule has 0 amide bonds. The molecule has 4 nitrogen and oxygen atoms in total. The van der Waals surface area contributed by atoms with Gasteiger partial charge < -0.3 is 9.47 Å². The van der Waals surface area contributed by atoms with E-state index in [1.807, 2.05) is 13.8 Å². The Bertz CT molecular complexity index is 274. The van der Waals surface area contributed by atoms with Crippen LogP contribution in [0.15, 0.2) is 0 Å². The molecule has 0 spiro atoms. The van der Waals surface area contributed by atoms with Crippen LogP contribution in [0.2, 0.25) is 0 Å². The van der Waals surface area contributed by atoms with Gasteiger partial charge in [0.25, 0.3) is 0 Å². The van der Waals surface area contributed by atoms with Gasteiger partial charge in [0.2, 0.25) is 0 Å². The van der Waals surface area contributed by atoms with Crippen molar-refractivity contribution in [1.29, 1.82) is 5.26 Å². The Morgan fingerprint density at radius 1 is 1.17 bits per heavy atom. The highest BCUT2D eigenvalue weighted by Gasteiger charge is 2.32. The number of rotatable bonds is 7. The minimum atomic E-state index is -0.185. The van der Waals surface area contributed by atoms with Gasteiger partial charge in [-0.05, 0) is 33.2 Å². The van der Waals surface area contributed by atoms with Crippen molar-refractivity contribution in [2.24, 2.45) is 5.41 Å². The third-order valence-corrected chi connectivity index (χ3v) is 3.73. The molecule has 4 heteroatoms. The molecule has 0 aromatic carbocycles. The molecule has 104 valence electrons. The molecule has 0 aromatic rings. The van der Waals surface area contributed by atoms with Gasteiger partial charge >= 0.3 is 0 Å². The predicted molar refractivity (Wildman–Crippen MR) is 71.3 cm³/mol. The number of hydrogen-bond donors (Lipinski definition) is 0. The largest absolute Gasteiger partial charge is 0.377 e. The number of unbranched alkanes of at least 4 members (excludes halogenated alkanes) is 1. The van der Waals surface area contributed by atoms with E-state index in [0.29, 0.717) is 0 Å². The number of likely N-dealkylation sites (tertiary alicyclic amines) is 1. The van der Waals surface area contributed by atoms with Crippen molar-refractivity contribution in [3.05, 3.63) is 0 Å². The van der Waals surface area contributed by atoms with Gasteiger partial charge in [0, 0.05) is 27.3 Å². The van der Waals surface area contributed by atoms with Gasteiger partial charge in [-0.1, -0.05) is 6.42 Å². The summed E-state index contributed by atoms with van der Waals surface area (Å²) in [5.74, 6) is 0. The van der Waals surface area contributed by atoms with Gasteiger partial charge in [0.15, 0.2) is 0 Å². The average Bonchev–Trinajstić information content (AvgIpc) is 2.77. The maximum absolute atomic E-state index is 8.94. The Balaban J connectivity index is 2.20. The SMILES string of the molecule is COC1CN(CCCCC(C)(C)C#N)CC1OC. The molecule has 18 heavy (non-hydrogen) atoms. The maximum atomic E-state index is 8.94. The van der Waals surface area contributed by atoms with E-state index >= 15 is 0 Å². The topological polar surface area (TPSA) is 45.5 Å². The summed E-state index contributed by atoms with van der Waals surface area (Å²) >= 11 is 0. The van der Waals surface area contributed by atoms with Crippen LogP contribution in [0.25, 0.3) is 0 Å². The Hall–Kier alpha value is -0.630. The molecule has 1 fully saturated rings. The smallest absolute Gasteiger partial charge is 0.0971 e. The summed E-state index contributed by atoms with van der Waals surface area (Å²) in [5, 5.41) is 8.94. The van der Waals surface area contributed by atoms with Crippen molar-refractivity contribution >= 4 is 0 Å². The molecule has 1 aliphatic rings. The van der Waals surface area contributed by atoms with Crippen molar-refractivity contribution < 1.29 is 9.47 Å². The van der Waals surface area contributed by atoms with Crippen LogP contribution in [-0.2, 0) is 9.47 Å². The van der Waals surface area contributed by atoms with Gasteiger partial charge in [0.1, 0.15) is 0 Å². The van der Waals surface area contributed by atoms with Gasteiger partial charge in [-0.2, -0.15) is 5.26 Å². The van der Waals surface area contributed by atoms with E-state index in [1.165, 1.54) is 0 Å². The number of ether oxygens (including phenoxy) is 2. The minimum absolute atomic E-state index is 0.185.